The molecule has 2 amide bonds. The summed E-state index contributed by atoms with van der Waals surface area (Å²) >= 11 is 0. The first-order valence-electron chi connectivity index (χ1n) is 11.9. The summed E-state index contributed by atoms with van der Waals surface area (Å²) in [5, 5.41) is 6.32. The second kappa shape index (κ2) is 9.35. The van der Waals surface area contributed by atoms with Crippen LogP contribution < -0.4 is 10.6 Å². The molecule has 3 N–H and O–H groups in total. The second-order valence-electron chi connectivity index (χ2n) is 9.34. The highest BCUT2D eigenvalue weighted by Gasteiger charge is 2.42. The van der Waals surface area contributed by atoms with E-state index in [1.807, 2.05) is 31.2 Å². The summed E-state index contributed by atoms with van der Waals surface area (Å²) < 4.78 is 0. The molecule has 2 saturated heterocycles. The fourth-order valence-electron chi connectivity index (χ4n) is 5.44. The summed E-state index contributed by atoms with van der Waals surface area (Å²) in [4.78, 5) is 35.4. The molecular weight excluding hydrogens is 414 g/mol. The number of H-pyrrole nitrogens is 1. The zero-order chi connectivity index (χ0) is 22.8. The number of nitrogens with zero attached hydrogens (tertiary/aromatic N) is 2. The molecule has 0 unspecified atom stereocenters. The van der Waals surface area contributed by atoms with E-state index in [4.69, 9.17) is 0 Å². The lowest BCUT2D eigenvalue weighted by Crippen LogP contribution is -2.48. The molecule has 3 heterocycles. The molecule has 0 saturated carbocycles. The van der Waals surface area contributed by atoms with Crippen LogP contribution in [0.4, 0.5) is 5.69 Å². The van der Waals surface area contributed by atoms with Gasteiger partial charge in [-0.15, -0.1) is 0 Å². The van der Waals surface area contributed by atoms with Crippen molar-refractivity contribution in [3.8, 4) is 0 Å². The minimum absolute atomic E-state index is 0.0299. The predicted molar refractivity (Wildman–Crippen MR) is 129 cm³/mol. The van der Waals surface area contributed by atoms with Crippen molar-refractivity contribution >= 4 is 28.5 Å². The molecule has 3 aromatic rings. The summed E-state index contributed by atoms with van der Waals surface area (Å²) in [6, 6.07) is 16.6. The number of anilines is 1. The molecule has 2 aromatic carbocycles. The molecule has 7 nitrogen and oxygen atoms in total. The van der Waals surface area contributed by atoms with Gasteiger partial charge in [0.1, 0.15) is 5.82 Å². The van der Waals surface area contributed by atoms with Crippen molar-refractivity contribution in [2.24, 2.45) is 0 Å². The summed E-state index contributed by atoms with van der Waals surface area (Å²) in [5.74, 6) is 0.960. The Morgan fingerprint density at radius 1 is 1.18 bits per heavy atom. The van der Waals surface area contributed by atoms with Gasteiger partial charge in [0.05, 0.1) is 17.6 Å². The number of hydrogen-bond acceptors (Lipinski definition) is 4. The topological polar surface area (TPSA) is 90.1 Å². The molecule has 2 aliphatic heterocycles. The first-order valence-corrected chi connectivity index (χ1v) is 11.9. The van der Waals surface area contributed by atoms with Gasteiger partial charge in [-0.05, 0) is 56.4 Å². The molecule has 0 aliphatic carbocycles. The molecular formula is C26H31N5O2. The first kappa shape index (κ1) is 21.6. The normalized spacial score (nSPS) is 23.5. The van der Waals surface area contributed by atoms with E-state index in [0.717, 1.165) is 54.6 Å². The maximum atomic E-state index is 13.1. The average molecular weight is 446 g/mol. The second-order valence-corrected chi connectivity index (χ2v) is 9.34. The molecule has 0 bridgehead atoms. The van der Waals surface area contributed by atoms with Crippen molar-refractivity contribution in [3.63, 3.8) is 0 Å². The Morgan fingerprint density at radius 3 is 2.88 bits per heavy atom. The van der Waals surface area contributed by atoms with E-state index in [1.54, 1.807) is 0 Å². The molecule has 0 spiro atoms. The minimum Gasteiger partial charge on any atom is -0.352 e. The van der Waals surface area contributed by atoms with Crippen molar-refractivity contribution in [1.29, 1.82) is 0 Å². The molecule has 1 aromatic heterocycles. The van der Waals surface area contributed by atoms with Gasteiger partial charge < -0.3 is 15.6 Å². The molecule has 7 heteroatoms. The lowest BCUT2D eigenvalue weighted by atomic mass is 9.97. The Hall–Kier alpha value is -3.19. The summed E-state index contributed by atoms with van der Waals surface area (Å²) in [6.45, 7) is 2.23. The number of nitrogens with one attached hydrogen (secondary N) is 3. The van der Waals surface area contributed by atoms with Crippen molar-refractivity contribution in [1.82, 2.24) is 20.2 Å². The van der Waals surface area contributed by atoms with Crippen LogP contribution in [0, 0.1) is 6.92 Å². The predicted octanol–water partition coefficient (Wildman–Crippen LogP) is 3.55. The van der Waals surface area contributed by atoms with Gasteiger partial charge in [0.25, 0.3) is 0 Å². The minimum atomic E-state index is -0.0299. The SMILES string of the molecule is Cc1nc2ccc(NC(=O)CN3[C@H](Cc4ccccc4)C[C@H]4NC(=O)CCCC[C@@H]43)cc2[nH]1. The first-order chi connectivity index (χ1) is 16.0. The maximum absolute atomic E-state index is 13.1. The lowest BCUT2D eigenvalue weighted by Gasteiger charge is -2.32. The van der Waals surface area contributed by atoms with Crippen molar-refractivity contribution < 1.29 is 9.59 Å². The summed E-state index contributed by atoms with van der Waals surface area (Å²) in [7, 11) is 0. The van der Waals surface area contributed by atoms with E-state index in [2.05, 4.69) is 49.8 Å². The Bertz CT molecular complexity index is 1140. The number of aryl methyl sites for hydroxylation is 1. The number of hydrogen-bond donors (Lipinski definition) is 3. The molecule has 0 radical (unpaired) electrons. The van der Waals surface area contributed by atoms with Crippen LogP contribution in [0.1, 0.15) is 43.5 Å². The van der Waals surface area contributed by atoms with Crippen LogP contribution in [-0.4, -0.2) is 51.4 Å². The highest BCUT2D eigenvalue weighted by Crippen LogP contribution is 2.32. The monoisotopic (exact) mass is 445 g/mol. The fraction of sp³-hybridized carbons (Fsp3) is 0.423. The van der Waals surface area contributed by atoms with Crippen LogP contribution in [0.15, 0.2) is 48.5 Å². The highest BCUT2D eigenvalue weighted by molar-refractivity contribution is 5.94. The van der Waals surface area contributed by atoms with Crippen LogP contribution in [0.25, 0.3) is 11.0 Å². The number of fused-ring (bicyclic) bond motifs is 2. The van der Waals surface area contributed by atoms with Gasteiger partial charge in [-0.2, -0.15) is 0 Å². The van der Waals surface area contributed by atoms with Gasteiger partial charge in [-0.3, -0.25) is 14.5 Å². The zero-order valence-electron chi connectivity index (χ0n) is 19.0. The van der Waals surface area contributed by atoms with E-state index >= 15 is 0 Å². The standard InChI is InChI=1S/C26H31N5O2/c1-17-27-21-12-11-19(14-22(21)28-17)29-26(33)16-31-20(13-18-7-3-2-4-8-18)15-23-24(31)9-5-6-10-25(32)30-23/h2-4,7-8,11-12,14,20,23-24H,5-6,9-10,13,15-16H2,1H3,(H,27,28)(H,29,33)(H,30,32)/t20-,23-,24+/m1/s1. The average Bonchev–Trinajstić information content (AvgIpc) is 3.29. The van der Waals surface area contributed by atoms with Gasteiger partial charge in [-0.25, -0.2) is 4.98 Å². The van der Waals surface area contributed by atoms with Gasteiger partial charge in [-0.1, -0.05) is 36.8 Å². The third-order valence-electron chi connectivity index (χ3n) is 6.91. The highest BCUT2D eigenvalue weighted by atomic mass is 16.2. The van der Waals surface area contributed by atoms with Crippen molar-refractivity contribution in [2.45, 2.75) is 63.6 Å². The van der Waals surface area contributed by atoms with Gasteiger partial charge >= 0.3 is 0 Å². The van der Waals surface area contributed by atoms with Crippen molar-refractivity contribution in [2.75, 3.05) is 11.9 Å². The Balaban J connectivity index is 1.34. The Morgan fingerprint density at radius 2 is 2.03 bits per heavy atom. The number of carbonyl (C=O) groups excluding carboxylic acids is 2. The molecule has 5 rings (SSSR count). The van der Waals surface area contributed by atoms with E-state index in [-0.39, 0.29) is 29.9 Å². The van der Waals surface area contributed by atoms with E-state index < -0.39 is 0 Å². The smallest absolute Gasteiger partial charge is 0.238 e. The molecule has 172 valence electrons. The van der Waals surface area contributed by atoms with E-state index in [0.29, 0.717) is 13.0 Å². The number of benzene rings is 2. The molecule has 3 atom stereocenters. The maximum Gasteiger partial charge on any atom is 0.238 e. The quantitative estimate of drug-likeness (QED) is 0.560. The number of rotatable bonds is 5. The summed E-state index contributed by atoms with van der Waals surface area (Å²) in [6.07, 6.45) is 5.27. The largest absolute Gasteiger partial charge is 0.352 e. The van der Waals surface area contributed by atoms with Gasteiger partial charge in [0.15, 0.2) is 0 Å². The third kappa shape index (κ3) is 4.93. The number of amides is 2. The van der Waals surface area contributed by atoms with Crippen LogP contribution in [0.5, 0.6) is 0 Å². The Kier molecular flexibility index (Phi) is 6.13. The van der Waals surface area contributed by atoms with Gasteiger partial charge in [0.2, 0.25) is 11.8 Å². The third-order valence-corrected chi connectivity index (χ3v) is 6.91. The number of carbonyl (C=O) groups is 2. The molecule has 33 heavy (non-hydrogen) atoms. The number of imidazole rings is 1. The van der Waals surface area contributed by atoms with Crippen LogP contribution >= 0.6 is 0 Å². The van der Waals surface area contributed by atoms with Crippen LogP contribution in [0.2, 0.25) is 0 Å². The molecule has 2 aliphatic rings. The van der Waals surface area contributed by atoms with Crippen LogP contribution in [-0.2, 0) is 16.0 Å². The number of aromatic nitrogens is 2. The van der Waals surface area contributed by atoms with Gasteiger partial charge in [0, 0.05) is 30.2 Å². The van der Waals surface area contributed by atoms with E-state index in [9.17, 15) is 9.59 Å². The number of likely N-dealkylation sites (tertiary alicyclic amines) is 1. The van der Waals surface area contributed by atoms with Crippen molar-refractivity contribution in [3.05, 3.63) is 59.9 Å². The zero-order valence-corrected chi connectivity index (χ0v) is 19.0. The lowest BCUT2D eigenvalue weighted by molar-refractivity contribution is -0.122. The molecule has 2 fully saturated rings. The number of aromatic amines is 1. The Labute approximate surface area is 194 Å². The van der Waals surface area contributed by atoms with Crippen LogP contribution in [0.3, 0.4) is 0 Å². The van der Waals surface area contributed by atoms with E-state index in [1.165, 1.54) is 5.56 Å². The summed E-state index contributed by atoms with van der Waals surface area (Å²) in [5.41, 5.74) is 3.82. The fourth-order valence-corrected chi connectivity index (χ4v) is 5.44.